The first-order chi connectivity index (χ1) is 19.7. The van der Waals surface area contributed by atoms with Gasteiger partial charge in [-0.2, -0.15) is 0 Å². The fraction of sp³-hybridized carbons (Fsp3) is 0.636. The van der Waals surface area contributed by atoms with Crippen LogP contribution in [0.2, 0.25) is 0 Å². The number of anilines is 1. The molecule has 3 N–H and O–H groups in total. The summed E-state index contributed by atoms with van der Waals surface area (Å²) < 4.78 is 24.0. The number of carbonyl (C=O) groups is 2. The SMILES string of the molecule is CC1(C)CC(=O)c2c3c(n(-c4cc(F)c(C(N)=O)c(NC5CCC(OCCN6CCCCC6)CC5)c4)c2C1)CCC3. The highest BCUT2D eigenvalue weighted by Gasteiger charge is 2.39. The Hall–Kier alpha value is -2.71. The summed E-state index contributed by atoms with van der Waals surface area (Å²) in [5.41, 5.74) is 10.6. The molecular weight excluding hydrogens is 519 g/mol. The van der Waals surface area contributed by atoms with E-state index in [4.69, 9.17) is 10.5 Å². The van der Waals surface area contributed by atoms with E-state index in [9.17, 15) is 9.59 Å². The Kier molecular flexibility index (Phi) is 7.98. The third-order valence-electron chi connectivity index (χ3n) is 9.71. The molecule has 222 valence electrons. The van der Waals surface area contributed by atoms with Crippen LogP contribution in [-0.2, 0) is 24.0 Å². The minimum atomic E-state index is -0.776. The number of ether oxygens (including phenoxy) is 1. The van der Waals surface area contributed by atoms with Crippen molar-refractivity contribution < 1.29 is 18.7 Å². The number of rotatable bonds is 8. The molecule has 1 saturated carbocycles. The van der Waals surface area contributed by atoms with Crippen molar-refractivity contribution in [2.75, 3.05) is 31.6 Å². The van der Waals surface area contributed by atoms with Crippen LogP contribution in [0.3, 0.4) is 0 Å². The van der Waals surface area contributed by atoms with Crippen molar-refractivity contribution in [1.29, 1.82) is 0 Å². The average molecular weight is 565 g/mol. The normalized spacial score (nSPS) is 24.2. The van der Waals surface area contributed by atoms with Crippen molar-refractivity contribution in [2.24, 2.45) is 11.1 Å². The second-order valence-corrected chi connectivity index (χ2v) is 13.5. The van der Waals surface area contributed by atoms with Gasteiger partial charge in [0.25, 0.3) is 5.91 Å². The number of piperidine rings is 1. The number of nitrogens with one attached hydrogen (secondary N) is 1. The largest absolute Gasteiger partial charge is 0.382 e. The van der Waals surface area contributed by atoms with E-state index in [1.165, 1.54) is 38.4 Å². The topological polar surface area (TPSA) is 89.6 Å². The Morgan fingerprint density at radius 2 is 1.80 bits per heavy atom. The number of hydrogen-bond donors (Lipinski definition) is 2. The van der Waals surface area contributed by atoms with Gasteiger partial charge in [0, 0.05) is 36.0 Å². The van der Waals surface area contributed by atoms with Crippen LogP contribution in [0.15, 0.2) is 12.1 Å². The van der Waals surface area contributed by atoms with Gasteiger partial charge in [0.15, 0.2) is 5.78 Å². The molecule has 1 amide bonds. The summed E-state index contributed by atoms with van der Waals surface area (Å²) in [5.74, 6) is -1.21. The van der Waals surface area contributed by atoms with Gasteiger partial charge in [-0.25, -0.2) is 4.39 Å². The number of benzene rings is 1. The first kappa shape index (κ1) is 28.4. The number of nitrogens with zero attached hydrogens (tertiary/aromatic N) is 2. The maximum Gasteiger partial charge on any atom is 0.253 e. The van der Waals surface area contributed by atoms with Crippen LogP contribution >= 0.6 is 0 Å². The minimum Gasteiger partial charge on any atom is -0.382 e. The molecule has 2 aromatic rings. The number of ketones is 1. The number of aromatic nitrogens is 1. The van der Waals surface area contributed by atoms with Gasteiger partial charge in [0.2, 0.25) is 0 Å². The van der Waals surface area contributed by atoms with E-state index in [1.807, 2.05) is 6.07 Å². The number of Topliss-reactive ketones (excluding diaryl/α,β-unsaturated/α-hetero) is 1. The Bertz CT molecular complexity index is 1320. The lowest BCUT2D eigenvalue weighted by Crippen LogP contribution is -2.35. The monoisotopic (exact) mass is 564 g/mol. The Morgan fingerprint density at radius 3 is 2.54 bits per heavy atom. The highest BCUT2D eigenvalue weighted by atomic mass is 19.1. The number of nitrogens with two attached hydrogens (primary N) is 1. The van der Waals surface area contributed by atoms with Crippen molar-refractivity contribution in [2.45, 2.75) is 103 Å². The van der Waals surface area contributed by atoms with Crippen molar-refractivity contribution in [3.8, 4) is 5.69 Å². The molecular formula is C33H45FN4O3. The molecule has 41 heavy (non-hydrogen) atoms. The molecule has 0 radical (unpaired) electrons. The van der Waals surface area contributed by atoms with Gasteiger partial charge < -0.3 is 25.3 Å². The van der Waals surface area contributed by atoms with Gasteiger partial charge in [-0.3, -0.25) is 9.59 Å². The number of hydrogen-bond acceptors (Lipinski definition) is 5. The van der Waals surface area contributed by atoms with Crippen LogP contribution in [0.4, 0.5) is 10.1 Å². The Labute approximate surface area is 243 Å². The summed E-state index contributed by atoms with van der Waals surface area (Å²) >= 11 is 0. The molecule has 1 aliphatic heterocycles. The predicted molar refractivity (Wildman–Crippen MR) is 159 cm³/mol. The van der Waals surface area contributed by atoms with E-state index in [0.717, 1.165) is 87.0 Å². The number of primary amides is 1. The smallest absolute Gasteiger partial charge is 0.253 e. The molecule has 4 aliphatic rings. The number of amides is 1. The van der Waals surface area contributed by atoms with Crippen molar-refractivity contribution in [3.05, 3.63) is 46.0 Å². The number of halogens is 1. The van der Waals surface area contributed by atoms with Crippen LogP contribution < -0.4 is 11.1 Å². The van der Waals surface area contributed by atoms with Gasteiger partial charge >= 0.3 is 0 Å². The fourth-order valence-corrected chi connectivity index (χ4v) is 7.75. The first-order valence-electron chi connectivity index (χ1n) is 15.7. The third kappa shape index (κ3) is 5.82. The second-order valence-electron chi connectivity index (χ2n) is 13.5. The van der Waals surface area contributed by atoms with Crippen LogP contribution in [0.1, 0.15) is 109 Å². The zero-order valence-electron chi connectivity index (χ0n) is 24.7. The summed E-state index contributed by atoms with van der Waals surface area (Å²) in [7, 11) is 0. The molecule has 8 heteroatoms. The summed E-state index contributed by atoms with van der Waals surface area (Å²) in [6.07, 6.45) is 11.8. The van der Waals surface area contributed by atoms with Crippen LogP contribution in [-0.4, -0.2) is 59.5 Å². The average Bonchev–Trinajstić information content (AvgIpc) is 3.49. The van der Waals surface area contributed by atoms with Crippen LogP contribution in [0.5, 0.6) is 0 Å². The van der Waals surface area contributed by atoms with E-state index in [0.29, 0.717) is 17.8 Å². The quantitative estimate of drug-likeness (QED) is 0.437. The molecule has 1 saturated heterocycles. The van der Waals surface area contributed by atoms with E-state index in [-0.39, 0.29) is 28.9 Å². The first-order valence-corrected chi connectivity index (χ1v) is 15.7. The standard InChI is InChI=1S/C33H45FN4O3/c1-33(2)19-28-30(29(39)20-33)24-7-6-8-27(24)38(28)22-17-25(34)31(32(35)40)26(18-22)36-21-9-11-23(12-10-21)41-16-15-37-13-4-3-5-14-37/h17-18,21,23,36H,3-16,19-20H2,1-2H3,(H2,35,40). The van der Waals surface area contributed by atoms with Crippen molar-refractivity contribution in [1.82, 2.24) is 9.47 Å². The van der Waals surface area contributed by atoms with Crippen LogP contribution in [0.25, 0.3) is 5.69 Å². The van der Waals surface area contributed by atoms with E-state index >= 15 is 4.39 Å². The zero-order chi connectivity index (χ0) is 28.7. The van der Waals surface area contributed by atoms with Crippen molar-refractivity contribution >= 4 is 17.4 Å². The van der Waals surface area contributed by atoms with Crippen LogP contribution in [0, 0.1) is 11.2 Å². The fourth-order valence-electron chi connectivity index (χ4n) is 7.75. The Balaban J connectivity index is 1.21. The summed E-state index contributed by atoms with van der Waals surface area (Å²) in [6, 6.07) is 3.40. The lowest BCUT2D eigenvalue weighted by Gasteiger charge is -2.32. The molecule has 0 bridgehead atoms. The molecule has 3 aliphatic carbocycles. The molecule has 1 aromatic carbocycles. The molecule has 0 atom stereocenters. The molecule has 2 heterocycles. The maximum absolute atomic E-state index is 15.6. The van der Waals surface area contributed by atoms with Gasteiger partial charge in [-0.1, -0.05) is 20.3 Å². The molecule has 1 aromatic heterocycles. The highest BCUT2D eigenvalue weighted by Crippen LogP contribution is 2.43. The maximum atomic E-state index is 15.6. The van der Waals surface area contributed by atoms with E-state index < -0.39 is 11.7 Å². The summed E-state index contributed by atoms with van der Waals surface area (Å²) in [6.45, 7) is 8.37. The number of likely N-dealkylation sites (tertiary alicyclic amines) is 1. The summed E-state index contributed by atoms with van der Waals surface area (Å²) in [5, 5.41) is 3.49. The molecule has 0 unspecified atom stereocenters. The molecule has 0 spiro atoms. The number of carbonyl (C=O) groups excluding carboxylic acids is 2. The lowest BCUT2D eigenvalue weighted by atomic mass is 9.75. The van der Waals surface area contributed by atoms with E-state index in [1.54, 1.807) is 0 Å². The van der Waals surface area contributed by atoms with Gasteiger partial charge in [0.1, 0.15) is 5.82 Å². The highest BCUT2D eigenvalue weighted by molar-refractivity contribution is 6.01. The van der Waals surface area contributed by atoms with E-state index in [2.05, 4.69) is 28.6 Å². The zero-order valence-corrected chi connectivity index (χ0v) is 24.7. The number of fused-ring (bicyclic) bond motifs is 3. The minimum absolute atomic E-state index is 0.0947. The van der Waals surface area contributed by atoms with Gasteiger partial charge in [0.05, 0.1) is 29.6 Å². The molecule has 2 fully saturated rings. The Morgan fingerprint density at radius 1 is 1.05 bits per heavy atom. The predicted octanol–water partition coefficient (Wildman–Crippen LogP) is 5.58. The molecule has 7 nitrogen and oxygen atoms in total. The third-order valence-corrected chi connectivity index (χ3v) is 9.71. The summed E-state index contributed by atoms with van der Waals surface area (Å²) in [4.78, 5) is 28.1. The van der Waals surface area contributed by atoms with Gasteiger partial charge in [-0.15, -0.1) is 0 Å². The lowest BCUT2D eigenvalue weighted by molar-refractivity contribution is 0.0123. The second kappa shape index (κ2) is 11.5. The molecule has 6 rings (SSSR count). The van der Waals surface area contributed by atoms with Crippen molar-refractivity contribution in [3.63, 3.8) is 0 Å². The van der Waals surface area contributed by atoms with Gasteiger partial charge in [-0.05, 0) is 100 Å².